The lowest BCUT2D eigenvalue weighted by Crippen LogP contribution is -2.32. The zero-order valence-corrected chi connectivity index (χ0v) is 12.2. The van der Waals surface area contributed by atoms with Crippen LogP contribution in [0.25, 0.3) is 0 Å². The van der Waals surface area contributed by atoms with Crippen LogP contribution in [0.2, 0.25) is 0 Å². The van der Waals surface area contributed by atoms with Gasteiger partial charge in [-0.05, 0) is 24.7 Å². The van der Waals surface area contributed by atoms with Crippen LogP contribution in [0.4, 0.5) is 10.5 Å². The molecule has 1 aromatic carbocycles. The average molecular weight is 278 g/mol. The van der Waals surface area contributed by atoms with E-state index in [-0.39, 0.29) is 11.9 Å². The standard InChI is InChI=1S/C14H22N4O2/c1-4-15-8-9-16-13(19)11-6-5-7-12(10-11)17-14(20)18(2)3/h5-7,10,15H,4,8-9H2,1-3H3,(H,16,19)(H,17,20). The zero-order chi connectivity index (χ0) is 15.0. The molecule has 0 saturated heterocycles. The van der Waals surface area contributed by atoms with Crippen molar-refractivity contribution in [1.29, 1.82) is 0 Å². The van der Waals surface area contributed by atoms with Crippen molar-refractivity contribution in [2.24, 2.45) is 0 Å². The van der Waals surface area contributed by atoms with Crippen LogP contribution < -0.4 is 16.0 Å². The number of likely N-dealkylation sites (N-methyl/N-ethyl adjacent to an activating group) is 1. The topological polar surface area (TPSA) is 73.5 Å². The Morgan fingerprint density at radius 3 is 2.60 bits per heavy atom. The van der Waals surface area contributed by atoms with Gasteiger partial charge in [0, 0.05) is 38.4 Å². The van der Waals surface area contributed by atoms with E-state index in [0.29, 0.717) is 17.8 Å². The molecule has 0 aliphatic rings. The van der Waals surface area contributed by atoms with Gasteiger partial charge in [0.2, 0.25) is 0 Å². The van der Waals surface area contributed by atoms with E-state index in [0.717, 1.165) is 13.1 Å². The highest BCUT2D eigenvalue weighted by atomic mass is 16.2. The Morgan fingerprint density at radius 1 is 1.20 bits per heavy atom. The number of carbonyl (C=O) groups is 2. The lowest BCUT2D eigenvalue weighted by atomic mass is 10.2. The van der Waals surface area contributed by atoms with Crippen molar-refractivity contribution >= 4 is 17.6 Å². The van der Waals surface area contributed by atoms with E-state index in [9.17, 15) is 9.59 Å². The molecular formula is C14H22N4O2. The second-order valence-corrected chi connectivity index (χ2v) is 4.51. The molecule has 110 valence electrons. The number of benzene rings is 1. The number of nitrogens with zero attached hydrogens (tertiary/aromatic N) is 1. The minimum atomic E-state index is -0.227. The summed E-state index contributed by atoms with van der Waals surface area (Å²) in [6, 6.07) is 6.63. The average Bonchev–Trinajstić information content (AvgIpc) is 2.43. The molecule has 1 rings (SSSR count). The van der Waals surface area contributed by atoms with E-state index in [1.807, 2.05) is 6.92 Å². The molecule has 3 N–H and O–H groups in total. The molecule has 0 aliphatic heterocycles. The van der Waals surface area contributed by atoms with Crippen LogP contribution in [0, 0.1) is 0 Å². The molecule has 1 aromatic rings. The summed E-state index contributed by atoms with van der Waals surface area (Å²) < 4.78 is 0. The van der Waals surface area contributed by atoms with Crippen molar-refractivity contribution < 1.29 is 9.59 Å². The number of carbonyl (C=O) groups excluding carboxylic acids is 2. The van der Waals surface area contributed by atoms with Crippen molar-refractivity contribution in [2.75, 3.05) is 39.0 Å². The Bertz CT molecular complexity index is 460. The third kappa shape index (κ3) is 5.27. The smallest absolute Gasteiger partial charge is 0.321 e. The van der Waals surface area contributed by atoms with E-state index in [1.165, 1.54) is 4.90 Å². The maximum absolute atomic E-state index is 11.9. The molecule has 0 heterocycles. The number of nitrogens with one attached hydrogen (secondary N) is 3. The Hall–Kier alpha value is -2.08. The van der Waals surface area contributed by atoms with Crippen molar-refractivity contribution in [3.8, 4) is 0 Å². The molecule has 0 aliphatic carbocycles. The molecule has 0 unspecified atom stereocenters. The van der Waals surface area contributed by atoms with Gasteiger partial charge in [-0.1, -0.05) is 13.0 Å². The molecule has 0 spiro atoms. The summed E-state index contributed by atoms with van der Waals surface area (Å²) in [6.07, 6.45) is 0. The summed E-state index contributed by atoms with van der Waals surface area (Å²) >= 11 is 0. The van der Waals surface area contributed by atoms with Crippen molar-refractivity contribution in [3.63, 3.8) is 0 Å². The maximum Gasteiger partial charge on any atom is 0.321 e. The van der Waals surface area contributed by atoms with Gasteiger partial charge in [-0.15, -0.1) is 0 Å². The van der Waals surface area contributed by atoms with Crippen LogP contribution in [-0.4, -0.2) is 50.6 Å². The lowest BCUT2D eigenvalue weighted by Gasteiger charge is -2.12. The SMILES string of the molecule is CCNCCNC(=O)c1cccc(NC(=O)N(C)C)c1. The quantitative estimate of drug-likeness (QED) is 0.683. The zero-order valence-electron chi connectivity index (χ0n) is 12.2. The summed E-state index contributed by atoms with van der Waals surface area (Å²) in [5.41, 5.74) is 1.13. The predicted octanol–water partition coefficient (Wildman–Crippen LogP) is 1.12. The van der Waals surface area contributed by atoms with Gasteiger partial charge in [-0.3, -0.25) is 4.79 Å². The molecule has 6 heteroatoms. The number of rotatable bonds is 6. The Kier molecular flexibility index (Phi) is 6.52. The van der Waals surface area contributed by atoms with Crippen LogP contribution >= 0.6 is 0 Å². The number of hydrogen-bond acceptors (Lipinski definition) is 3. The number of anilines is 1. The second-order valence-electron chi connectivity index (χ2n) is 4.51. The van der Waals surface area contributed by atoms with Crippen molar-refractivity contribution in [3.05, 3.63) is 29.8 Å². The molecule has 0 saturated carbocycles. The summed E-state index contributed by atoms with van der Waals surface area (Å²) in [4.78, 5) is 24.9. The Labute approximate surface area is 119 Å². The fraction of sp³-hybridized carbons (Fsp3) is 0.429. The van der Waals surface area contributed by atoms with E-state index in [4.69, 9.17) is 0 Å². The van der Waals surface area contributed by atoms with Gasteiger partial charge in [0.25, 0.3) is 5.91 Å². The molecular weight excluding hydrogens is 256 g/mol. The van der Waals surface area contributed by atoms with Gasteiger partial charge in [0.15, 0.2) is 0 Å². The largest absolute Gasteiger partial charge is 0.351 e. The van der Waals surface area contributed by atoms with Gasteiger partial charge in [-0.25, -0.2) is 4.79 Å². The van der Waals surface area contributed by atoms with Crippen molar-refractivity contribution in [1.82, 2.24) is 15.5 Å². The summed E-state index contributed by atoms with van der Waals surface area (Å²) in [5, 5.41) is 8.65. The van der Waals surface area contributed by atoms with Crippen LogP contribution in [0.1, 0.15) is 17.3 Å². The summed E-state index contributed by atoms with van der Waals surface area (Å²) in [7, 11) is 3.32. The number of amides is 3. The maximum atomic E-state index is 11.9. The van der Waals surface area contributed by atoms with E-state index >= 15 is 0 Å². The van der Waals surface area contributed by atoms with Crippen molar-refractivity contribution in [2.45, 2.75) is 6.92 Å². The molecule has 20 heavy (non-hydrogen) atoms. The van der Waals surface area contributed by atoms with E-state index in [1.54, 1.807) is 38.4 Å². The van der Waals surface area contributed by atoms with Gasteiger partial charge < -0.3 is 20.9 Å². The minimum Gasteiger partial charge on any atom is -0.351 e. The normalized spacial score (nSPS) is 9.95. The monoisotopic (exact) mass is 278 g/mol. The summed E-state index contributed by atoms with van der Waals surface area (Å²) in [6.45, 7) is 4.20. The lowest BCUT2D eigenvalue weighted by molar-refractivity contribution is 0.0954. The highest BCUT2D eigenvalue weighted by Crippen LogP contribution is 2.11. The molecule has 3 amide bonds. The van der Waals surface area contributed by atoms with Gasteiger partial charge >= 0.3 is 6.03 Å². The molecule has 0 atom stereocenters. The molecule has 6 nitrogen and oxygen atoms in total. The van der Waals surface area contributed by atoms with Crippen LogP contribution in [0.15, 0.2) is 24.3 Å². The van der Waals surface area contributed by atoms with Crippen LogP contribution in [0.5, 0.6) is 0 Å². The molecule has 0 aromatic heterocycles. The van der Waals surface area contributed by atoms with Crippen LogP contribution in [0.3, 0.4) is 0 Å². The first-order valence-corrected chi connectivity index (χ1v) is 6.62. The Morgan fingerprint density at radius 2 is 1.95 bits per heavy atom. The first-order chi connectivity index (χ1) is 9.54. The third-order valence-corrected chi connectivity index (χ3v) is 2.62. The van der Waals surface area contributed by atoms with Gasteiger partial charge in [0.05, 0.1) is 0 Å². The van der Waals surface area contributed by atoms with Gasteiger partial charge in [-0.2, -0.15) is 0 Å². The number of hydrogen-bond donors (Lipinski definition) is 3. The number of urea groups is 1. The third-order valence-electron chi connectivity index (χ3n) is 2.62. The molecule has 0 bridgehead atoms. The highest BCUT2D eigenvalue weighted by Gasteiger charge is 2.08. The fourth-order valence-corrected chi connectivity index (χ4v) is 1.52. The van der Waals surface area contributed by atoms with E-state index in [2.05, 4.69) is 16.0 Å². The first kappa shape index (κ1) is 16.0. The summed E-state index contributed by atoms with van der Waals surface area (Å²) in [5.74, 6) is -0.149. The Balaban J connectivity index is 2.58. The predicted molar refractivity (Wildman–Crippen MR) is 80.0 cm³/mol. The highest BCUT2D eigenvalue weighted by molar-refractivity contribution is 5.96. The first-order valence-electron chi connectivity index (χ1n) is 6.62. The van der Waals surface area contributed by atoms with Gasteiger partial charge in [0.1, 0.15) is 0 Å². The van der Waals surface area contributed by atoms with Crippen LogP contribution in [-0.2, 0) is 0 Å². The second kappa shape index (κ2) is 8.16. The fourth-order valence-electron chi connectivity index (χ4n) is 1.52. The molecule has 0 fully saturated rings. The molecule has 0 radical (unpaired) electrons. The minimum absolute atomic E-state index is 0.149. The van der Waals surface area contributed by atoms with E-state index < -0.39 is 0 Å².